The van der Waals surface area contributed by atoms with Crippen molar-refractivity contribution in [3.05, 3.63) is 38.4 Å². The number of hydrogen-bond donors (Lipinski definition) is 0. The van der Waals surface area contributed by atoms with Gasteiger partial charge >= 0.3 is 0 Å². The van der Waals surface area contributed by atoms with Crippen molar-refractivity contribution in [2.45, 2.75) is 6.61 Å². The highest BCUT2D eigenvalue weighted by atomic mass is 35.5. The third-order valence-electron chi connectivity index (χ3n) is 1.88. The number of nitro benzene ring substituents is 1. The molecule has 0 bridgehead atoms. The molecule has 0 aliphatic rings. The van der Waals surface area contributed by atoms with Crippen LogP contribution < -0.4 is 0 Å². The molecule has 16 heavy (non-hydrogen) atoms. The quantitative estimate of drug-likeness (QED) is 0.476. The third-order valence-corrected chi connectivity index (χ3v) is 2.39. The fraction of sp³-hybridized carbons (Fsp3) is 0.222. The Hall–Kier alpha value is -1.17. The molecule has 0 N–H and O–H groups in total. The second-order valence-corrected chi connectivity index (χ2v) is 3.68. The lowest BCUT2D eigenvalue weighted by atomic mass is 10.1. The molecule has 7 heteroatoms. The molecule has 0 unspecified atom stereocenters. The zero-order valence-electron chi connectivity index (χ0n) is 8.20. The lowest BCUT2D eigenvalue weighted by molar-refractivity contribution is -0.384. The summed E-state index contributed by atoms with van der Waals surface area (Å²) in [6.07, 6.45) is 0. The topological polar surface area (TPSA) is 69.4 Å². The van der Waals surface area contributed by atoms with E-state index >= 15 is 0 Å². The number of carbonyl (C=O) groups is 1. The van der Waals surface area contributed by atoms with Crippen LogP contribution in [0.5, 0.6) is 0 Å². The molecule has 0 fully saturated rings. The van der Waals surface area contributed by atoms with Crippen LogP contribution in [0.1, 0.15) is 15.9 Å². The van der Waals surface area contributed by atoms with Gasteiger partial charge in [0.25, 0.3) is 10.9 Å². The molecule has 0 heterocycles. The summed E-state index contributed by atoms with van der Waals surface area (Å²) in [5, 5.41) is 9.76. The van der Waals surface area contributed by atoms with Crippen molar-refractivity contribution in [2.24, 2.45) is 0 Å². The molecule has 86 valence electrons. The van der Waals surface area contributed by atoms with E-state index in [9.17, 15) is 14.9 Å². The van der Waals surface area contributed by atoms with Crippen LogP contribution in [-0.2, 0) is 11.3 Å². The Balaban J connectivity index is 3.36. The minimum atomic E-state index is -0.733. The Morgan fingerprint density at radius 1 is 1.56 bits per heavy atom. The van der Waals surface area contributed by atoms with Gasteiger partial charge in [-0.1, -0.05) is 11.6 Å². The van der Waals surface area contributed by atoms with Gasteiger partial charge < -0.3 is 4.74 Å². The van der Waals surface area contributed by atoms with E-state index in [1.165, 1.54) is 19.2 Å². The smallest absolute Gasteiger partial charge is 0.288 e. The monoisotopic (exact) mass is 263 g/mol. The lowest BCUT2D eigenvalue weighted by Crippen LogP contribution is -2.01. The molecule has 5 nitrogen and oxygen atoms in total. The molecule has 1 rings (SSSR count). The fourth-order valence-corrected chi connectivity index (χ4v) is 1.61. The summed E-state index contributed by atoms with van der Waals surface area (Å²) in [6.45, 7) is 0.0474. The van der Waals surface area contributed by atoms with E-state index in [1.54, 1.807) is 0 Å². The number of nitrogens with zero attached hydrogens (tertiary/aromatic N) is 1. The first kappa shape index (κ1) is 12.9. The highest BCUT2D eigenvalue weighted by Gasteiger charge is 2.19. The number of carbonyl (C=O) groups excluding carboxylic acids is 1. The average molecular weight is 264 g/mol. The molecule has 0 aliphatic carbocycles. The molecule has 0 atom stereocenters. The van der Waals surface area contributed by atoms with Crippen molar-refractivity contribution in [3.63, 3.8) is 0 Å². The highest BCUT2D eigenvalue weighted by Crippen LogP contribution is 2.29. The van der Waals surface area contributed by atoms with Crippen LogP contribution in [0.25, 0.3) is 0 Å². The molecule has 0 spiro atoms. The Labute approximate surface area is 101 Å². The number of methoxy groups -OCH3 is 1. The van der Waals surface area contributed by atoms with Crippen LogP contribution in [0.3, 0.4) is 0 Å². The van der Waals surface area contributed by atoms with Crippen molar-refractivity contribution in [3.8, 4) is 0 Å². The van der Waals surface area contributed by atoms with Crippen LogP contribution in [0.15, 0.2) is 12.1 Å². The van der Waals surface area contributed by atoms with E-state index < -0.39 is 10.2 Å². The maximum absolute atomic E-state index is 11.1. The predicted molar refractivity (Wildman–Crippen MR) is 59.0 cm³/mol. The Morgan fingerprint density at radius 2 is 2.19 bits per heavy atom. The van der Waals surface area contributed by atoms with Crippen molar-refractivity contribution in [1.82, 2.24) is 0 Å². The van der Waals surface area contributed by atoms with E-state index in [0.29, 0.717) is 5.56 Å². The first-order valence-electron chi connectivity index (χ1n) is 4.13. The molecule has 0 saturated carbocycles. The van der Waals surface area contributed by atoms with Gasteiger partial charge in [0.15, 0.2) is 0 Å². The normalized spacial score (nSPS) is 10.2. The summed E-state index contributed by atoms with van der Waals surface area (Å²) in [5.41, 5.74) is 0.160. The van der Waals surface area contributed by atoms with Gasteiger partial charge in [-0.3, -0.25) is 14.9 Å². The summed E-state index contributed by atoms with van der Waals surface area (Å²) in [7, 11) is 1.41. The number of benzene rings is 1. The molecule has 0 aliphatic heterocycles. The molecule has 0 amide bonds. The minimum absolute atomic E-state index is 0.0474. The zero-order valence-corrected chi connectivity index (χ0v) is 9.71. The van der Waals surface area contributed by atoms with E-state index in [2.05, 4.69) is 0 Å². The van der Waals surface area contributed by atoms with Gasteiger partial charge in [-0.05, 0) is 23.2 Å². The van der Waals surface area contributed by atoms with Crippen molar-refractivity contribution >= 4 is 34.1 Å². The van der Waals surface area contributed by atoms with Gasteiger partial charge in [0.05, 0.1) is 11.5 Å². The van der Waals surface area contributed by atoms with Crippen molar-refractivity contribution in [2.75, 3.05) is 7.11 Å². The number of halogens is 2. The first-order chi connectivity index (χ1) is 7.47. The fourth-order valence-electron chi connectivity index (χ4n) is 1.20. The average Bonchev–Trinajstić information content (AvgIpc) is 2.19. The highest BCUT2D eigenvalue weighted by molar-refractivity contribution is 6.68. The van der Waals surface area contributed by atoms with Gasteiger partial charge in [0.1, 0.15) is 5.02 Å². The summed E-state index contributed by atoms with van der Waals surface area (Å²) >= 11 is 11.0. The van der Waals surface area contributed by atoms with E-state index in [0.717, 1.165) is 0 Å². The molecular weight excluding hydrogens is 257 g/mol. The zero-order chi connectivity index (χ0) is 12.3. The largest absolute Gasteiger partial charge is 0.380 e. The molecule has 0 aromatic heterocycles. The maximum atomic E-state index is 11.1. The predicted octanol–water partition coefficient (Wildman–Crippen LogP) is 2.77. The standard InChI is InChI=1S/C9H7Cl2NO4/c1-16-4-5-2-8(12(14)15)7(10)3-6(5)9(11)13/h2-3H,4H2,1H3. The maximum Gasteiger partial charge on any atom is 0.288 e. The Bertz CT molecular complexity index is 447. The van der Waals surface area contributed by atoms with E-state index in [4.69, 9.17) is 27.9 Å². The molecule has 0 saturated heterocycles. The summed E-state index contributed by atoms with van der Waals surface area (Å²) in [6, 6.07) is 2.35. The van der Waals surface area contributed by atoms with Crippen LogP contribution in [0.2, 0.25) is 5.02 Å². The second-order valence-electron chi connectivity index (χ2n) is 2.92. The van der Waals surface area contributed by atoms with Gasteiger partial charge in [0.2, 0.25) is 0 Å². The van der Waals surface area contributed by atoms with Crippen LogP contribution >= 0.6 is 23.2 Å². The minimum Gasteiger partial charge on any atom is -0.380 e. The van der Waals surface area contributed by atoms with Gasteiger partial charge in [-0.2, -0.15) is 0 Å². The summed E-state index contributed by atoms with van der Waals surface area (Å²) in [5.74, 6) is 0. The second kappa shape index (κ2) is 5.25. The van der Waals surface area contributed by atoms with Crippen molar-refractivity contribution in [1.29, 1.82) is 0 Å². The van der Waals surface area contributed by atoms with Gasteiger partial charge in [0, 0.05) is 18.7 Å². The number of rotatable bonds is 4. The van der Waals surface area contributed by atoms with Gasteiger partial charge in [-0.25, -0.2) is 0 Å². The van der Waals surface area contributed by atoms with Crippen LogP contribution in [0.4, 0.5) is 5.69 Å². The first-order valence-corrected chi connectivity index (χ1v) is 4.88. The lowest BCUT2D eigenvalue weighted by Gasteiger charge is -2.06. The molecule has 1 aromatic rings. The molecular formula is C9H7Cl2NO4. The summed E-state index contributed by atoms with van der Waals surface area (Å²) in [4.78, 5) is 21.0. The molecule has 1 aromatic carbocycles. The number of ether oxygens (including phenoxy) is 1. The van der Waals surface area contributed by atoms with Crippen LogP contribution in [-0.4, -0.2) is 17.3 Å². The third kappa shape index (κ3) is 2.69. The summed E-state index contributed by atoms with van der Waals surface area (Å²) < 4.78 is 4.82. The van der Waals surface area contributed by atoms with Gasteiger partial charge in [-0.15, -0.1) is 0 Å². The Morgan fingerprint density at radius 3 is 2.62 bits per heavy atom. The Kier molecular flexibility index (Phi) is 4.23. The van der Waals surface area contributed by atoms with E-state index in [1.807, 2.05) is 0 Å². The van der Waals surface area contributed by atoms with Crippen LogP contribution in [0, 0.1) is 10.1 Å². The SMILES string of the molecule is COCc1cc([N+](=O)[O-])c(Cl)cc1C(=O)Cl. The molecule has 0 radical (unpaired) electrons. The number of hydrogen-bond acceptors (Lipinski definition) is 4. The van der Waals surface area contributed by atoms with E-state index in [-0.39, 0.29) is 22.9 Å². The van der Waals surface area contributed by atoms with Crippen molar-refractivity contribution < 1.29 is 14.5 Å². The number of nitro groups is 1.